The molecule has 1 saturated heterocycles. The number of aromatic nitrogens is 4. The highest BCUT2D eigenvalue weighted by molar-refractivity contribution is 7.22. The number of carbonyl (C=O) groups is 1. The fourth-order valence-electron chi connectivity index (χ4n) is 4.14. The van der Waals surface area contributed by atoms with E-state index in [1.54, 1.807) is 24.5 Å². The number of benzene rings is 1. The molecular weight excluding hydrogens is 410 g/mol. The molecule has 4 heterocycles. The van der Waals surface area contributed by atoms with E-state index < -0.39 is 0 Å². The van der Waals surface area contributed by atoms with Gasteiger partial charge in [-0.1, -0.05) is 53.7 Å². The largest absolute Gasteiger partial charge is 0.339 e. The first-order chi connectivity index (χ1) is 15.1. The van der Waals surface area contributed by atoms with Crippen molar-refractivity contribution in [2.24, 2.45) is 0 Å². The molecule has 1 aliphatic heterocycles. The van der Waals surface area contributed by atoms with Gasteiger partial charge in [-0.2, -0.15) is 9.97 Å². The fourth-order valence-corrected chi connectivity index (χ4v) is 5.18. The fraction of sp³-hybridized carbons (Fsp3) is 0.348. The highest BCUT2D eigenvalue weighted by atomic mass is 32.1. The van der Waals surface area contributed by atoms with Crippen LogP contribution in [0.4, 0.5) is 5.13 Å². The Morgan fingerprint density at radius 3 is 2.90 bits per heavy atom. The van der Waals surface area contributed by atoms with Gasteiger partial charge in [0.05, 0.1) is 10.7 Å². The first-order valence-electron chi connectivity index (χ1n) is 10.5. The van der Waals surface area contributed by atoms with Crippen LogP contribution in [0.15, 0.2) is 47.1 Å². The van der Waals surface area contributed by atoms with E-state index in [2.05, 4.69) is 39.1 Å². The van der Waals surface area contributed by atoms with Crippen molar-refractivity contribution in [3.63, 3.8) is 0 Å². The Morgan fingerprint density at radius 1 is 1.29 bits per heavy atom. The standard InChI is InChI=1S/C23H23N5O2S/c1-14(16-7-4-3-5-8-16)11-19(29)18-9-6-10-28(18)23-26-22-20(31-23)12-17(13-24-22)21-25-15(2)30-27-21/h3-5,7-8,12-14,18H,6,9-11H2,1-2H3/t14-,18+/m0/s1. The lowest BCUT2D eigenvalue weighted by Gasteiger charge is -2.24. The van der Waals surface area contributed by atoms with Gasteiger partial charge in [-0.15, -0.1) is 0 Å². The maximum absolute atomic E-state index is 13.2. The summed E-state index contributed by atoms with van der Waals surface area (Å²) in [5.41, 5.74) is 2.68. The Labute approximate surface area is 184 Å². The molecule has 0 saturated carbocycles. The molecule has 158 valence electrons. The third kappa shape index (κ3) is 3.95. The average Bonchev–Trinajstić information content (AvgIpc) is 3.52. The molecule has 7 nitrogen and oxygen atoms in total. The SMILES string of the molecule is Cc1nc(-c2cnc3nc(N4CCC[C@@H]4C(=O)C[C@H](C)c4ccccc4)sc3c2)no1. The number of aryl methyl sites for hydroxylation is 1. The second kappa shape index (κ2) is 8.19. The Hall–Kier alpha value is -3.13. The third-order valence-electron chi connectivity index (χ3n) is 5.77. The van der Waals surface area contributed by atoms with Crippen LogP contribution in [0.25, 0.3) is 21.7 Å². The van der Waals surface area contributed by atoms with E-state index in [0.29, 0.717) is 23.8 Å². The summed E-state index contributed by atoms with van der Waals surface area (Å²) in [5, 5.41) is 4.82. The molecule has 0 unspecified atom stereocenters. The summed E-state index contributed by atoms with van der Waals surface area (Å²) in [6.45, 7) is 4.72. The zero-order valence-electron chi connectivity index (χ0n) is 17.5. The van der Waals surface area contributed by atoms with Crippen molar-refractivity contribution >= 4 is 32.6 Å². The van der Waals surface area contributed by atoms with Gasteiger partial charge in [0, 0.05) is 31.6 Å². The topological polar surface area (TPSA) is 85.0 Å². The van der Waals surface area contributed by atoms with Gasteiger partial charge in [0.15, 0.2) is 16.6 Å². The number of anilines is 1. The number of carbonyl (C=O) groups excluding carboxylic acids is 1. The molecule has 0 spiro atoms. The summed E-state index contributed by atoms with van der Waals surface area (Å²) in [7, 11) is 0. The Morgan fingerprint density at radius 2 is 2.13 bits per heavy atom. The molecule has 8 heteroatoms. The molecule has 1 aromatic carbocycles. The smallest absolute Gasteiger partial charge is 0.223 e. The molecule has 0 N–H and O–H groups in total. The highest BCUT2D eigenvalue weighted by Crippen LogP contribution is 2.35. The summed E-state index contributed by atoms with van der Waals surface area (Å²) >= 11 is 1.56. The normalized spacial score (nSPS) is 17.4. The van der Waals surface area contributed by atoms with E-state index in [1.165, 1.54) is 5.56 Å². The van der Waals surface area contributed by atoms with Gasteiger partial charge in [-0.25, -0.2) is 4.98 Å². The van der Waals surface area contributed by atoms with Crippen LogP contribution in [-0.4, -0.2) is 38.5 Å². The van der Waals surface area contributed by atoms with Crippen molar-refractivity contribution in [3.8, 4) is 11.4 Å². The van der Waals surface area contributed by atoms with Gasteiger partial charge in [0.1, 0.15) is 0 Å². The van der Waals surface area contributed by atoms with Crippen LogP contribution in [0.2, 0.25) is 0 Å². The molecule has 1 aliphatic rings. The number of thiazole rings is 1. The summed E-state index contributed by atoms with van der Waals surface area (Å²) in [4.78, 5) is 28.8. The summed E-state index contributed by atoms with van der Waals surface area (Å²) < 4.78 is 6.02. The molecule has 4 aromatic rings. The van der Waals surface area contributed by atoms with Crippen molar-refractivity contribution in [2.75, 3.05) is 11.4 Å². The van der Waals surface area contributed by atoms with Crippen molar-refractivity contribution in [1.82, 2.24) is 20.1 Å². The highest BCUT2D eigenvalue weighted by Gasteiger charge is 2.33. The van der Waals surface area contributed by atoms with Crippen LogP contribution in [0.5, 0.6) is 0 Å². The van der Waals surface area contributed by atoms with Gasteiger partial charge < -0.3 is 9.42 Å². The number of hydrogen-bond acceptors (Lipinski definition) is 8. The number of rotatable bonds is 6. The quantitative estimate of drug-likeness (QED) is 0.432. The molecule has 5 rings (SSSR count). The third-order valence-corrected chi connectivity index (χ3v) is 6.80. The van der Waals surface area contributed by atoms with Crippen LogP contribution < -0.4 is 4.90 Å². The van der Waals surface area contributed by atoms with Crippen LogP contribution in [0.1, 0.15) is 43.6 Å². The van der Waals surface area contributed by atoms with Gasteiger partial charge in [-0.3, -0.25) is 4.79 Å². The second-order valence-electron chi connectivity index (χ2n) is 8.01. The molecule has 0 aliphatic carbocycles. The van der Waals surface area contributed by atoms with Crippen molar-refractivity contribution in [2.45, 2.75) is 45.1 Å². The lowest BCUT2D eigenvalue weighted by Crippen LogP contribution is -2.36. The van der Waals surface area contributed by atoms with E-state index in [0.717, 1.165) is 34.8 Å². The summed E-state index contributed by atoms with van der Waals surface area (Å²) in [6, 6.07) is 12.1. The maximum Gasteiger partial charge on any atom is 0.223 e. The molecule has 0 amide bonds. The van der Waals surface area contributed by atoms with E-state index >= 15 is 0 Å². The molecule has 1 fully saturated rings. The van der Waals surface area contributed by atoms with Crippen molar-refractivity contribution in [3.05, 3.63) is 54.0 Å². The zero-order valence-corrected chi connectivity index (χ0v) is 18.3. The molecule has 0 bridgehead atoms. The van der Waals surface area contributed by atoms with Gasteiger partial charge in [0.25, 0.3) is 0 Å². The van der Waals surface area contributed by atoms with Gasteiger partial charge in [-0.05, 0) is 30.4 Å². The van der Waals surface area contributed by atoms with E-state index in [-0.39, 0.29) is 17.7 Å². The predicted octanol–water partition coefficient (Wildman–Crippen LogP) is 4.78. The van der Waals surface area contributed by atoms with Crippen LogP contribution in [0, 0.1) is 6.92 Å². The molecule has 0 radical (unpaired) electrons. The minimum absolute atomic E-state index is 0.119. The number of pyridine rings is 1. The lowest BCUT2D eigenvalue weighted by molar-refractivity contribution is -0.120. The number of Topliss-reactive ketones (excluding diaryl/α,β-unsaturated/α-hetero) is 1. The maximum atomic E-state index is 13.2. The zero-order chi connectivity index (χ0) is 21.4. The van der Waals surface area contributed by atoms with Crippen LogP contribution in [-0.2, 0) is 4.79 Å². The summed E-state index contributed by atoms with van der Waals surface area (Å²) in [5.74, 6) is 1.52. The Kier molecular flexibility index (Phi) is 5.23. The number of fused-ring (bicyclic) bond motifs is 1. The van der Waals surface area contributed by atoms with E-state index in [1.807, 2.05) is 24.3 Å². The minimum atomic E-state index is -0.119. The molecule has 3 aromatic heterocycles. The first-order valence-corrected chi connectivity index (χ1v) is 11.3. The Balaban J connectivity index is 1.36. The van der Waals surface area contributed by atoms with Gasteiger partial charge >= 0.3 is 0 Å². The molecular formula is C23H23N5O2S. The van der Waals surface area contributed by atoms with E-state index in [9.17, 15) is 4.79 Å². The monoisotopic (exact) mass is 433 g/mol. The number of hydrogen-bond donors (Lipinski definition) is 0. The Bertz CT molecular complexity index is 1220. The van der Waals surface area contributed by atoms with Crippen LogP contribution in [0.3, 0.4) is 0 Å². The van der Waals surface area contributed by atoms with E-state index in [4.69, 9.17) is 9.51 Å². The minimum Gasteiger partial charge on any atom is -0.339 e. The molecule has 2 atom stereocenters. The van der Waals surface area contributed by atoms with Crippen molar-refractivity contribution in [1.29, 1.82) is 0 Å². The summed E-state index contributed by atoms with van der Waals surface area (Å²) in [6.07, 6.45) is 4.11. The van der Waals surface area contributed by atoms with Gasteiger partial charge in [0.2, 0.25) is 11.7 Å². The first kappa shape index (κ1) is 19.8. The van der Waals surface area contributed by atoms with Crippen LogP contribution >= 0.6 is 11.3 Å². The van der Waals surface area contributed by atoms with Crippen molar-refractivity contribution < 1.29 is 9.32 Å². The lowest BCUT2D eigenvalue weighted by atomic mass is 9.93. The average molecular weight is 434 g/mol. The predicted molar refractivity (Wildman–Crippen MR) is 120 cm³/mol. The number of ketones is 1. The second-order valence-corrected chi connectivity index (χ2v) is 9.02. The molecule has 31 heavy (non-hydrogen) atoms. The number of nitrogens with zero attached hydrogens (tertiary/aromatic N) is 5.